The van der Waals surface area contributed by atoms with Gasteiger partial charge in [0.25, 0.3) is 5.56 Å². The van der Waals surface area contributed by atoms with Crippen molar-refractivity contribution in [1.82, 2.24) is 14.5 Å². The lowest BCUT2D eigenvalue weighted by Gasteiger charge is -2.27. The molecule has 29 heavy (non-hydrogen) atoms. The smallest absolute Gasteiger partial charge is 0.332 e. The largest absolute Gasteiger partial charge is 0.384 e. The Bertz CT molecular complexity index is 987. The van der Waals surface area contributed by atoms with Gasteiger partial charge in [-0.2, -0.15) is 0 Å². The third-order valence-corrected chi connectivity index (χ3v) is 5.32. The maximum absolute atomic E-state index is 13.1. The summed E-state index contributed by atoms with van der Waals surface area (Å²) in [5.41, 5.74) is 6.92. The normalized spacial score (nSPS) is 13.5. The van der Waals surface area contributed by atoms with Crippen LogP contribution >= 0.6 is 0 Å². The molecule has 0 aliphatic carbocycles. The van der Waals surface area contributed by atoms with Gasteiger partial charge in [0.15, 0.2) is 5.78 Å². The van der Waals surface area contributed by atoms with Gasteiger partial charge in [-0.1, -0.05) is 51.5 Å². The van der Waals surface area contributed by atoms with Crippen molar-refractivity contribution in [3.63, 3.8) is 0 Å². The quantitative estimate of drug-likeness (QED) is 0.662. The molecule has 2 atom stereocenters. The number of carbonyl (C=O) groups is 1. The molecular weight excluding hydrogens is 368 g/mol. The van der Waals surface area contributed by atoms with Crippen LogP contribution in [0.25, 0.3) is 0 Å². The second kappa shape index (κ2) is 9.22. The van der Waals surface area contributed by atoms with Gasteiger partial charge in [0.1, 0.15) is 11.4 Å². The molecule has 7 heteroatoms. The van der Waals surface area contributed by atoms with Crippen LogP contribution in [0.5, 0.6) is 0 Å². The highest BCUT2D eigenvalue weighted by molar-refractivity contribution is 6.03. The fourth-order valence-corrected chi connectivity index (χ4v) is 3.51. The van der Waals surface area contributed by atoms with Crippen LogP contribution in [0.4, 0.5) is 5.82 Å². The molecule has 0 spiro atoms. The zero-order chi connectivity index (χ0) is 21.9. The van der Waals surface area contributed by atoms with Crippen LogP contribution < -0.4 is 22.3 Å². The number of carbonyl (C=O) groups excluding carboxylic acids is 1. The lowest BCUT2D eigenvalue weighted by atomic mass is 9.93. The van der Waals surface area contributed by atoms with Crippen LogP contribution in [0.2, 0.25) is 0 Å². The van der Waals surface area contributed by atoms with Gasteiger partial charge >= 0.3 is 5.69 Å². The second-order valence-corrected chi connectivity index (χ2v) is 7.93. The standard InChI is InChI=1S/C22H32N4O3/c1-7-8-15-9-11-16(12-10-15)18(13(2)3)24-14(4)19(27)17-20(23)25(5)22(29)26(6)21(17)28/h9-14,18,24H,7-8,23H2,1-6H3. The Balaban J connectivity index is 2.34. The third kappa shape index (κ3) is 4.67. The van der Waals surface area contributed by atoms with E-state index in [1.54, 1.807) is 6.92 Å². The van der Waals surface area contributed by atoms with E-state index >= 15 is 0 Å². The lowest BCUT2D eigenvalue weighted by Crippen LogP contribution is -2.46. The number of nitrogens with one attached hydrogen (secondary N) is 1. The van der Waals surface area contributed by atoms with Gasteiger partial charge in [-0.3, -0.25) is 18.7 Å². The monoisotopic (exact) mass is 400 g/mol. The Morgan fingerprint density at radius 3 is 2.17 bits per heavy atom. The predicted molar refractivity (Wildman–Crippen MR) is 116 cm³/mol. The predicted octanol–water partition coefficient (Wildman–Crippen LogP) is 2.18. The summed E-state index contributed by atoms with van der Waals surface area (Å²) in [5.74, 6) is -0.309. The first-order chi connectivity index (χ1) is 13.6. The minimum atomic E-state index is -0.672. The molecule has 2 aromatic rings. The Morgan fingerprint density at radius 2 is 1.66 bits per heavy atom. The molecule has 0 saturated carbocycles. The molecule has 1 heterocycles. The summed E-state index contributed by atoms with van der Waals surface area (Å²) >= 11 is 0. The van der Waals surface area contributed by atoms with Crippen molar-refractivity contribution < 1.29 is 4.79 Å². The number of Topliss-reactive ketones (excluding diaryl/α,β-unsaturated/α-hetero) is 1. The Labute approximate surface area is 171 Å². The van der Waals surface area contributed by atoms with Crippen LogP contribution in [-0.2, 0) is 20.5 Å². The summed E-state index contributed by atoms with van der Waals surface area (Å²) in [7, 11) is 2.79. The summed E-state index contributed by atoms with van der Waals surface area (Å²) in [6.07, 6.45) is 2.12. The average Bonchev–Trinajstić information content (AvgIpc) is 2.69. The molecule has 3 N–H and O–H groups in total. The van der Waals surface area contributed by atoms with E-state index in [1.807, 2.05) is 0 Å². The highest BCUT2D eigenvalue weighted by Crippen LogP contribution is 2.24. The summed E-state index contributed by atoms with van der Waals surface area (Å²) < 4.78 is 2.02. The molecule has 0 saturated heterocycles. The van der Waals surface area contributed by atoms with Gasteiger partial charge < -0.3 is 11.1 Å². The van der Waals surface area contributed by atoms with E-state index in [0.29, 0.717) is 0 Å². The fraction of sp³-hybridized carbons (Fsp3) is 0.500. The first-order valence-corrected chi connectivity index (χ1v) is 10.0. The molecular formula is C22H32N4O3. The van der Waals surface area contributed by atoms with Gasteiger partial charge in [0.05, 0.1) is 6.04 Å². The number of nitrogens with two attached hydrogens (primary N) is 1. The highest BCUT2D eigenvalue weighted by atomic mass is 16.2. The molecule has 158 valence electrons. The van der Waals surface area contributed by atoms with E-state index in [1.165, 1.54) is 19.7 Å². The van der Waals surface area contributed by atoms with Crippen LogP contribution in [0.1, 0.15) is 61.6 Å². The van der Waals surface area contributed by atoms with Crippen molar-refractivity contribution in [3.8, 4) is 0 Å². The van der Waals surface area contributed by atoms with E-state index < -0.39 is 23.1 Å². The van der Waals surface area contributed by atoms with Gasteiger partial charge in [0.2, 0.25) is 0 Å². The Kier molecular flexibility index (Phi) is 7.19. The van der Waals surface area contributed by atoms with Gasteiger partial charge in [0, 0.05) is 20.1 Å². The Hall–Kier alpha value is -2.67. The van der Waals surface area contributed by atoms with E-state index in [9.17, 15) is 14.4 Å². The number of anilines is 1. The number of rotatable bonds is 8. The van der Waals surface area contributed by atoms with Crippen molar-refractivity contribution in [2.24, 2.45) is 20.0 Å². The summed E-state index contributed by atoms with van der Waals surface area (Å²) in [5, 5.41) is 3.35. The summed E-state index contributed by atoms with van der Waals surface area (Å²) in [6, 6.07) is 7.68. The zero-order valence-electron chi connectivity index (χ0n) is 18.2. The van der Waals surface area contributed by atoms with Crippen molar-refractivity contribution in [1.29, 1.82) is 0 Å². The van der Waals surface area contributed by atoms with Crippen molar-refractivity contribution in [2.45, 2.75) is 52.6 Å². The lowest BCUT2D eigenvalue weighted by molar-refractivity contribution is 0.0938. The molecule has 0 fully saturated rings. The van der Waals surface area contributed by atoms with Crippen molar-refractivity contribution >= 4 is 11.6 Å². The average molecular weight is 401 g/mol. The van der Waals surface area contributed by atoms with E-state index in [-0.39, 0.29) is 23.3 Å². The second-order valence-electron chi connectivity index (χ2n) is 7.93. The fourth-order valence-electron chi connectivity index (χ4n) is 3.51. The van der Waals surface area contributed by atoms with E-state index in [2.05, 4.69) is 50.4 Å². The molecule has 2 unspecified atom stereocenters. The molecule has 0 amide bonds. The number of benzene rings is 1. The maximum Gasteiger partial charge on any atom is 0.332 e. The van der Waals surface area contributed by atoms with Gasteiger partial charge in [-0.05, 0) is 30.4 Å². The molecule has 1 aromatic heterocycles. The minimum absolute atomic E-state index is 0.0674. The highest BCUT2D eigenvalue weighted by Gasteiger charge is 2.27. The van der Waals surface area contributed by atoms with E-state index in [0.717, 1.165) is 27.5 Å². The van der Waals surface area contributed by atoms with Crippen LogP contribution in [0.15, 0.2) is 33.9 Å². The third-order valence-electron chi connectivity index (χ3n) is 5.32. The van der Waals surface area contributed by atoms with Gasteiger partial charge in [-0.15, -0.1) is 0 Å². The SMILES string of the molecule is CCCc1ccc(C(NC(C)C(=O)c2c(N)n(C)c(=O)n(C)c2=O)C(C)C)cc1. The number of nitrogens with zero attached hydrogens (tertiary/aromatic N) is 2. The van der Waals surface area contributed by atoms with E-state index in [4.69, 9.17) is 5.73 Å². The van der Waals surface area contributed by atoms with Crippen LogP contribution in [0.3, 0.4) is 0 Å². The molecule has 2 rings (SSSR count). The van der Waals surface area contributed by atoms with Crippen molar-refractivity contribution in [2.75, 3.05) is 5.73 Å². The molecule has 0 aliphatic rings. The number of aryl methyl sites for hydroxylation is 1. The summed E-state index contributed by atoms with van der Waals surface area (Å²) in [6.45, 7) is 8.02. The molecule has 0 radical (unpaired) electrons. The number of aromatic nitrogens is 2. The number of nitrogen functional groups attached to an aromatic ring is 1. The van der Waals surface area contributed by atoms with Crippen LogP contribution in [0, 0.1) is 5.92 Å². The Morgan fingerprint density at radius 1 is 1.07 bits per heavy atom. The minimum Gasteiger partial charge on any atom is -0.384 e. The molecule has 0 bridgehead atoms. The summed E-state index contributed by atoms with van der Waals surface area (Å²) in [4.78, 5) is 37.6. The van der Waals surface area contributed by atoms with Gasteiger partial charge in [-0.25, -0.2) is 4.79 Å². The maximum atomic E-state index is 13.1. The molecule has 1 aromatic carbocycles. The zero-order valence-corrected chi connectivity index (χ0v) is 18.2. The van der Waals surface area contributed by atoms with Crippen LogP contribution in [-0.4, -0.2) is 21.0 Å². The van der Waals surface area contributed by atoms with Crippen molar-refractivity contribution in [3.05, 3.63) is 61.8 Å². The first-order valence-electron chi connectivity index (χ1n) is 10.0. The number of ketones is 1. The first kappa shape index (κ1) is 22.6. The number of hydrogen-bond acceptors (Lipinski definition) is 5. The number of hydrogen-bond donors (Lipinski definition) is 2. The topological polar surface area (TPSA) is 99.1 Å². The molecule has 0 aliphatic heterocycles. The molecule has 7 nitrogen and oxygen atoms in total.